The maximum atomic E-state index is 13.6. The van der Waals surface area contributed by atoms with Gasteiger partial charge in [0.2, 0.25) is 0 Å². The van der Waals surface area contributed by atoms with E-state index in [9.17, 15) is 4.39 Å². The lowest BCUT2D eigenvalue weighted by Crippen LogP contribution is -1.94. The molecule has 0 aliphatic heterocycles. The zero-order valence-electron chi connectivity index (χ0n) is 8.99. The molecule has 4 heteroatoms. The molecular formula is C13H11BrFNS. The number of thioether (sulfide) groups is 1. The van der Waals surface area contributed by atoms with Crippen LogP contribution < -0.4 is 5.73 Å². The van der Waals surface area contributed by atoms with Gasteiger partial charge in [0.1, 0.15) is 5.82 Å². The van der Waals surface area contributed by atoms with Crippen LogP contribution in [0.1, 0.15) is 5.56 Å². The summed E-state index contributed by atoms with van der Waals surface area (Å²) in [5.74, 6) is 0.274. The topological polar surface area (TPSA) is 26.0 Å². The third-order valence-corrected chi connectivity index (χ3v) is 3.91. The van der Waals surface area contributed by atoms with Gasteiger partial charge in [0.15, 0.2) is 0 Å². The van der Waals surface area contributed by atoms with Crippen molar-refractivity contribution in [2.45, 2.75) is 10.6 Å². The van der Waals surface area contributed by atoms with Crippen molar-refractivity contribution in [3.63, 3.8) is 0 Å². The molecule has 0 atom stereocenters. The van der Waals surface area contributed by atoms with Crippen LogP contribution in [0.25, 0.3) is 0 Å². The van der Waals surface area contributed by atoms with Crippen LogP contribution in [0.2, 0.25) is 0 Å². The van der Waals surface area contributed by atoms with Gasteiger partial charge in [-0.2, -0.15) is 0 Å². The maximum absolute atomic E-state index is 13.6. The zero-order valence-corrected chi connectivity index (χ0v) is 11.4. The minimum absolute atomic E-state index is 0.207. The highest BCUT2D eigenvalue weighted by Gasteiger charge is 2.05. The molecule has 17 heavy (non-hydrogen) atoms. The van der Waals surface area contributed by atoms with Crippen molar-refractivity contribution < 1.29 is 4.39 Å². The normalized spacial score (nSPS) is 10.5. The standard InChI is InChI=1S/C13H11BrFNS/c14-10-4-6-11(7-5-10)17-8-9-2-1-3-12(16)13(9)15/h1-7H,8,16H2. The first-order valence-electron chi connectivity index (χ1n) is 5.08. The quantitative estimate of drug-likeness (QED) is 0.669. The van der Waals surface area contributed by atoms with Gasteiger partial charge in [0.25, 0.3) is 0 Å². The monoisotopic (exact) mass is 311 g/mol. The number of benzene rings is 2. The molecule has 0 saturated carbocycles. The van der Waals surface area contributed by atoms with Crippen molar-refractivity contribution in [1.82, 2.24) is 0 Å². The number of anilines is 1. The second-order valence-corrected chi connectivity index (χ2v) is 5.53. The van der Waals surface area contributed by atoms with E-state index in [0.29, 0.717) is 11.3 Å². The maximum Gasteiger partial charge on any atom is 0.150 e. The lowest BCUT2D eigenvalue weighted by atomic mass is 10.2. The van der Waals surface area contributed by atoms with Crippen LogP contribution in [0.3, 0.4) is 0 Å². The third-order valence-electron chi connectivity index (χ3n) is 2.32. The van der Waals surface area contributed by atoms with E-state index < -0.39 is 0 Å². The Kier molecular flexibility index (Phi) is 4.07. The fourth-order valence-corrected chi connectivity index (χ4v) is 2.54. The van der Waals surface area contributed by atoms with Gasteiger partial charge in [0.05, 0.1) is 5.69 Å². The average molecular weight is 312 g/mol. The molecule has 0 saturated heterocycles. The summed E-state index contributed by atoms with van der Waals surface area (Å²) in [4.78, 5) is 1.11. The van der Waals surface area contributed by atoms with Gasteiger partial charge in [0, 0.05) is 20.7 Å². The van der Waals surface area contributed by atoms with Crippen LogP contribution in [0, 0.1) is 5.82 Å². The van der Waals surface area contributed by atoms with Crippen LogP contribution in [0.4, 0.5) is 10.1 Å². The van der Waals surface area contributed by atoms with Gasteiger partial charge in [-0.15, -0.1) is 11.8 Å². The second kappa shape index (κ2) is 5.56. The second-order valence-electron chi connectivity index (χ2n) is 3.56. The van der Waals surface area contributed by atoms with Crippen LogP contribution in [0.5, 0.6) is 0 Å². The summed E-state index contributed by atoms with van der Waals surface area (Å²) in [6.07, 6.45) is 0. The van der Waals surface area contributed by atoms with Gasteiger partial charge in [-0.3, -0.25) is 0 Å². The predicted octanol–water partition coefficient (Wildman–Crippen LogP) is 4.46. The first-order valence-corrected chi connectivity index (χ1v) is 6.86. The summed E-state index contributed by atoms with van der Waals surface area (Å²) in [5.41, 5.74) is 6.36. The Morgan fingerprint density at radius 2 is 1.82 bits per heavy atom. The smallest absolute Gasteiger partial charge is 0.150 e. The summed E-state index contributed by atoms with van der Waals surface area (Å²) in [6.45, 7) is 0. The molecule has 0 spiro atoms. The molecule has 0 unspecified atom stereocenters. The summed E-state index contributed by atoms with van der Waals surface area (Å²) in [6, 6.07) is 13.0. The van der Waals surface area contributed by atoms with Crippen molar-refractivity contribution in [2.75, 3.05) is 5.73 Å². The molecule has 0 fully saturated rings. The van der Waals surface area contributed by atoms with Crippen LogP contribution in [-0.4, -0.2) is 0 Å². The largest absolute Gasteiger partial charge is 0.396 e. The third kappa shape index (κ3) is 3.23. The highest BCUT2D eigenvalue weighted by Crippen LogP contribution is 2.26. The number of nitrogen functional groups attached to an aromatic ring is 1. The van der Waals surface area contributed by atoms with Crippen molar-refractivity contribution in [2.24, 2.45) is 0 Å². The summed E-state index contributed by atoms with van der Waals surface area (Å²) in [7, 11) is 0. The number of rotatable bonds is 3. The Bertz CT molecular complexity index is 513. The summed E-state index contributed by atoms with van der Waals surface area (Å²) < 4.78 is 14.7. The molecule has 0 amide bonds. The first kappa shape index (κ1) is 12.5. The van der Waals surface area contributed by atoms with Crippen molar-refractivity contribution in [3.8, 4) is 0 Å². The lowest BCUT2D eigenvalue weighted by molar-refractivity contribution is 0.622. The molecule has 0 bridgehead atoms. The lowest BCUT2D eigenvalue weighted by Gasteiger charge is -2.05. The molecule has 1 nitrogen and oxygen atoms in total. The van der Waals surface area contributed by atoms with Gasteiger partial charge >= 0.3 is 0 Å². The molecule has 0 heterocycles. The predicted molar refractivity (Wildman–Crippen MR) is 74.5 cm³/mol. The molecule has 88 valence electrons. The van der Waals surface area contributed by atoms with Gasteiger partial charge in [-0.05, 0) is 30.3 Å². The van der Waals surface area contributed by atoms with E-state index >= 15 is 0 Å². The van der Waals surface area contributed by atoms with Crippen molar-refractivity contribution >= 4 is 33.4 Å². The number of nitrogens with two attached hydrogens (primary N) is 1. The Morgan fingerprint density at radius 3 is 2.53 bits per heavy atom. The molecule has 2 aromatic rings. The van der Waals surface area contributed by atoms with E-state index in [4.69, 9.17) is 5.73 Å². The number of halogens is 2. The van der Waals surface area contributed by atoms with Gasteiger partial charge in [-0.25, -0.2) is 4.39 Å². The molecule has 2 aromatic carbocycles. The Hall–Kier alpha value is -1.00. The number of hydrogen-bond acceptors (Lipinski definition) is 2. The molecule has 0 aromatic heterocycles. The van der Waals surface area contributed by atoms with E-state index in [-0.39, 0.29) is 11.5 Å². The van der Waals surface area contributed by atoms with Crippen molar-refractivity contribution in [1.29, 1.82) is 0 Å². The van der Waals surface area contributed by atoms with Crippen LogP contribution in [0.15, 0.2) is 51.8 Å². The van der Waals surface area contributed by atoms with E-state index in [1.54, 1.807) is 30.0 Å². The SMILES string of the molecule is Nc1cccc(CSc2ccc(Br)cc2)c1F. The van der Waals surface area contributed by atoms with Gasteiger partial charge in [-0.1, -0.05) is 28.1 Å². The zero-order chi connectivity index (χ0) is 12.3. The molecular weight excluding hydrogens is 301 g/mol. The average Bonchev–Trinajstić information content (AvgIpc) is 2.33. The first-order chi connectivity index (χ1) is 8.16. The highest BCUT2D eigenvalue weighted by atomic mass is 79.9. The van der Waals surface area contributed by atoms with E-state index in [0.717, 1.165) is 9.37 Å². The highest BCUT2D eigenvalue weighted by molar-refractivity contribution is 9.10. The fourth-order valence-electron chi connectivity index (χ4n) is 1.40. The van der Waals surface area contributed by atoms with Gasteiger partial charge < -0.3 is 5.73 Å². The van der Waals surface area contributed by atoms with Crippen molar-refractivity contribution in [3.05, 3.63) is 58.3 Å². The van der Waals surface area contributed by atoms with E-state index in [1.807, 2.05) is 24.3 Å². The Balaban J connectivity index is 2.07. The Labute approximate surface area is 112 Å². The minimum Gasteiger partial charge on any atom is -0.396 e. The fraction of sp³-hybridized carbons (Fsp3) is 0.0769. The molecule has 0 aliphatic carbocycles. The number of hydrogen-bond donors (Lipinski definition) is 1. The van der Waals surface area contributed by atoms with Crippen LogP contribution in [-0.2, 0) is 5.75 Å². The summed E-state index contributed by atoms with van der Waals surface area (Å²) in [5, 5.41) is 0. The molecule has 0 aliphatic rings. The van der Waals surface area contributed by atoms with E-state index in [2.05, 4.69) is 15.9 Å². The molecule has 0 radical (unpaired) electrons. The minimum atomic E-state index is -0.308. The van der Waals surface area contributed by atoms with E-state index in [1.165, 1.54) is 0 Å². The molecule has 2 N–H and O–H groups in total. The molecule has 2 rings (SSSR count). The Morgan fingerprint density at radius 1 is 1.12 bits per heavy atom. The summed E-state index contributed by atoms with van der Waals surface area (Å²) >= 11 is 4.97. The van der Waals surface area contributed by atoms with Crippen LogP contribution >= 0.6 is 27.7 Å².